The minimum atomic E-state index is 0.313. The first-order chi connectivity index (χ1) is 12.2. The van der Waals surface area contributed by atoms with Crippen molar-refractivity contribution < 1.29 is 9.26 Å². The van der Waals surface area contributed by atoms with Gasteiger partial charge in [0.1, 0.15) is 11.5 Å². The number of benzene rings is 2. The summed E-state index contributed by atoms with van der Waals surface area (Å²) in [6.07, 6.45) is 0.542. The molecule has 0 spiro atoms. The van der Waals surface area contributed by atoms with Crippen molar-refractivity contribution in [2.75, 3.05) is 11.9 Å². The summed E-state index contributed by atoms with van der Waals surface area (Å²) in [6, 6.07) is 17.1. The summed E-state index contributed by atoms with van der Waals surface area (Å²) in [4.78, 5) is 8.37. The maximum absolute atomic E-state index is 5.91. The highest BCUT2D eigenvalue weighted by atomic mass is 16.5. The van der Waals surface area contributed by atoms with Crippen molar-refractivity contribution >= 4 is 11.6 Å². The molecule has 0 aliphatic carbocycles. The van der Waals surface area contributed by atoms with Gasteiger partial charge in [0.2, 0.25) is 5.89 Å². The SMILES string of the molecule is Cc1noc(CCN=C(N)Nc2cccc(Oc3ccccc3)c2)n1. The first-order valence-electron chi connectivity index (χ1n) is 7.88. The lowest BCUT2D eigenvalue weighted by Gasteiger charge is -2.09. The quantitative estimate of drug-likeness (QED) is 0.529. The first kappa shape index (κ1) is 16.5. The zero-order chi connectivity index (χ0) is 17.5. The van der Waals surface area contributed by atoms with E-state index in [1.807, 2.05) is 54.6 Å². The van der Waals surface area contributed by atoms with E-state index in [0.29, 0.717) is 36.4 Å². The largest absolute Gasteiger partial charge is 0.457 e. The Kier molecular flexibility index (Phi) is 5.26. The van der Waals surface area contributed by atoms with Gasteiger partial charge in [0.15, 0.2) is 11.8 Å². The van der Waals surface area contributed by atoms with E-state index in [-0.39, 0.29) is 0 Å². The average Bonchev–Trinajstić information content (AvgIpc) is 3.01. The lowest BCUT2D eigenvalue weighted by molar-refractivity contribution is 0.376. The van der Waals surface area contributed by atoms with E-state index in [9.17, 15) is 0 Å². The Balaban J connectivity index is 1.56. The third-order valence-corrected chi connectivity index (χ3v) is 3.26. The summed E-state index contributed by atoms with van der Waals surface area (Å²) in [5.41, 5.74) is 6.70. The number of rotatable bonds is 6. The molecule has 3 N–H and O–H groups in total. The Morgan fingerprint density at radius 1 is 1.16 bits per heavy atom. The molecule has 0 radical (unpaired) electrons. The number of para-hydroxylation sites is 1. The highest BCUT2D eigenvalue weighted by molar-refractivity contribution is 5.92. The topological polar surface area (TPSA) is 98.6 Å². The van der Waals surface area contributed by atoms with Gasteiger partial charge in [-0.25, -0.2) is 0 Å². The van der Waals surface area contributed by atoms with E-state index >= 15 is 0 Å². The van der Waals surface area contributed by atoms with Crippen LogP contribution in [0.2, 0.25) is 0 Å². The Bertz CT molecular complexity index is 845. The van der Waals surface area contributed by atoms with Crippen molar-refractivity contribution in [3.63, 3.8) is 0 Å². The molecule has 0 atom stereocenters. The van der Waals surface area contributed by atoms with E-state index in [0.717, 1.165) is 11.4 Å². The summed E-state index contributed by atoms with van der Waals surface area (Å²) in [5, 5.41) is 6.77. The molecule has 0 saturated heterocycles. The van der Waals surface area contributed by atoms with Gasteiger partial charge in [-0.2, -0.15) is 4.98 Å². The second-order valence-corrected chi connectivity index (χ2v) is 5.32. The van der Waals surface area contributed by atoms with Gasteiger partial charge in [0, 0.05) is 18.2 Å². The van der Waals surface area contributed by atoms with E-state index in [1.165, 1.54) is 0 Å². The number of nitrogens with two attached hydrogens (primary N) is 1. The van der Waals surface area contributed by atoms with Gasteiger partial charge in [-0.1, -0.05) is 29.4 Å². The predicted molar refractivity (Wildman–Crippen MR) is 95.8 cm³/mol. The molecule has 7 heteroatoms. The number of hydrogen-bond donors (Lipinski definition) is 2. The lowest BCUT2D eigenvalue weighted by Crippen LogP contribution is -2.23. The summed E-state index contributed by atoms with van der Waals surface area (Å²) in [7, 11) is 0. The van der Waals surface area contributed by atoms with Gasteiger partial charge in [0.25, 0.3) is 0 Å². The molecular formula is C18H19N5O2. The number of nitrogens with zero attached hydrogens (tertiary/aromatic N) is 3. The Morgan fingerprint density at radius 2 is 1.96 bits per heavy atom. The predicted octanol–water partition coefficient (Wildman–Crippen LogP) is 3.14. The lowest BCUT2D eigenvalue weighted by atomic mass is 10.3. The molecule has 0 aliphatic heterocycles. The van der Waals surface area contributed by atoms with Crippen LogP contribution in [0.25, 0.3) is 0 Å². The number of anilines is 1. The van der Waals surface area contributed by atoms with Gasteiger partial charge >= 0.3 is 0 Å². The van der Waals surface area contributed by atoms with Crippen LogP contribution in [0.15, 0.2) is 64.1 Å². The average molecular weight is 337 g/mol. The highest BCUT2D eigenvalue weighted by Crippen LogP contribution is 2.23. The van der Waals surface area contributed by atoms with Crippen molar-refractivity contribution in [1.29, 1.82) is 0 Å². The molecule has 3 rings (SSSR count). The molecule has 0 fully saturated rings. The van der Waals surface area contributed by atoms with Crippen LogP contribution >= 0.6 is 0 Å². The minimum Gasteiger partial charge on any atom is -0.457 e. The minimum absolute atomic E-state index is 0.313. The van der Waals surface area contributed by atoms with Crippen LogP contribution < -0.4 is 15.8 Å². The third kappa shape index (κ3) is 5.07. The summed E-state index contributed by atoms with van der Waals surface area (Å²) < 4.78 is 10.8. The second-order valence-electron chi connectivity index (χ2n) is 5.32. The second kappa shape index (κ2) is 7.96. The number of aryl methyl sites for hydroxylation is 1. The molecule has 25 heavy (non-hydrogen) atoms. The highest BCUT2D eigenvalue weighted by Gasteiger charge is 2.03. The van der Waals surface area contributed by atoms with Gasteiger partial charge in [-0.15, -0.1) is 0 Å². The molecule has 3 aromatic rings. The number of hydrogen-bond acceptors (Lipinski definition) is 5. The molecule has 0 saturated carbocycles. The fraction of sp³-hybridized carbons (Fsp3) is 0.167. The molecule has 0 aliphatic rings. The monoisotopic (exact) mass is 337 g/mol. The van der Waals surface area contributed by atoms with E-state index < -0.39 is 0 Å². The van der Waals surface area contributed by atoms with Gasteiger partial charge < -0.3 is 20.3 Å². The van der Waals surface area contributed by atoms with Crippen LogP contribution in [-0.4, -0.2) is 22.6 Å². The number of aromatic nitrogens is 2. The van der Waals surface area contributed by atoms with Gasteiger partial charge in [-0.3, -0.25) is 4.99 Å². The van der Waals surface area contributed by atoms with E-state index in [1.54, 1.807) is 6.92 Å². The Morgan fingerprint density at radius 3 is 2.72 bits per heavy atom. The van der Waals surface area contributed by atoms with Crippen molar-refractivity contribution in [2.45, 2.75) is 13.3 Å². The normalized spacial score (nSPS) is 11.3. The molecule has 0 amide bonds. The van der Waals surface area contributed by atoms with Crippen LogP contribution in [0.1, 0.15) is 11.7 Å². The Hall–Kier alpha value is -3.35. The molecule has 0 unspecified atom stereocenters. The van der Waals surface area contributed by atoms with Crippen LogP contribution in [0.4, 0.5) is 5.69 Å². The summed E-state index contributed by atoms with van der Waals surface area (Å²) in [6.45, 7) is 2.23. The molecule has 7 nitrogen and oxygen atoms in total. The fourth-order valence-electron chi connectivity index (χ4n) is 2.16. The van der Waals surface area contributed by atoms with Crippen LogP contribution in [0, 0.1) is 6.92 Å². The van der Waals surface area contributed by atoms with Crippen molar-refractivity contribution in [2.24, 2.45) is 10.7 Å². The molecule has 1 aromatic heterocycles. The number of guanidine groups is 1. The van der Waals surface area contributed by atoms with Crippen LogP contribution in [0.5, 0.6) is 11.5 Å². The zero-order valence-corrected chi connectivity index (χ0v) is 13.8. The molecule has 128 valence electrons. The summed E-state index contributed by atoms with van der Waals surface area (Å²) in [5.74, 6) is 2.96. The van der Waals surface area contributed by atoms with E-state index in [4.69, 9.17) is 15.0 Å². The van der Waals surface area contributed by atoms with Crippen LogP contribution in [-0.2, 0) is 6.42 Å². The van der Waals surface area contributed by atoms with Gasteiger partial charge in [-0.05, 0) is 31.2 Å². The smallest absolute Gasteiger partial charge is 0.228 e. The third-order valence-electron chi connectivity index (χ3n) is 3.26. The molecule has 1 heterocycles. The van der Waals surface area contributed by atoms with Crippen LogP contribution in [0.3, 0.4) is 0 Å². The maximum atomic E-state index is 5.91. The fourth-order valence-corrected chi connectivity index (χ4v) is 2.16. The number of aliphatic imine (C=N–C) groups is 1. The van der Waals surface area contributed by atoms with Gasteiger partial charge in [0.05, 0.1) is 6.54 Å². The number of nitrogens with one attached hydrogen (secondary N) is 1. The molecule has 0 bridgehead atoms. The Labute approximate surface area is 145 Å². The standard InChI is InChI=1S/C18H19N5O2/c1-13-21-17(25-23-13)10-11-20-18(19)22-14-6-5-9-16(12-14)24-15-7-3-2-4-8-15/h2-9,12H,10-11H2,1H3,(H3,19,20,22). The molecular weight excluding hydrogens is 318 g/mol. The zero-order valence-electron chi connectivity index (χ0n) is 13.8. The van der Waals surface area contributed by atoms with Crippen molar-refractivity contribution in [1.82, 2.24) is 10.1 Å². The summed E-state index contributed by atoms with van der Waals surface area (Å²) >= 11 is 0. The number of ether oxygens (including phenoxy) is 1. The van der Waals surface area contributed by atoms with Crippen molar-refractivity contribution in [3.8, 4) is 11.5 Å². The molecule has 2 aromatic carbocycles. The van der Waals surface area contributed by atoms with E-state index in [2.05, 4.69) is 20.4 Å². The first-order valence-corrected chi connectivity index (χ1v) is 7.88. The van der Waals surface area contributed by atoms with Crippen molar-refractivity contribution in [3.05, 3.63) is 66.3 Å². The maximum Gasteiger partial charge on any atom is 0.228 e.